The number of hydrogen-bond donors (Lipinski definition) is 0. The Morgan fingerprint density at radius 1 is 1.44 bits per heavy atom. The Bertz CT molecular complexity index is 487. The molecule has 2 heterocycles. The molecule has 1 fully saturated rings. The summed E-state index contributed by atoms with van der Waals surface area (Å²) in [4.78, 5) is 24.4. The highest BCUT2D eigenvalue weighted by Crippen LogP contribution is 2.18. The molecule has 0 aliphatic carbocycles. The van der Waals surface area contributed by atoms with Gasteiger partial charge in [-0.25, -0.2) is 4.68 Å². The Morgan fingerprint density at radius 2 is 2.06 bits per heavy atom. The maximum Gasteiger partial charge on any atom is 0.267 e. The summed E-state index contributed by atoms with van der Waals surface area (Å²) in [6.07, 6.45) is 1.28. The summed E-state index contributed by atoms with van der Waals surface area (Å²) in [5, 5.41) is 4.15. The predicted molar refractivity (Wildman–Crippen MR) is 70.4 cm³/mol. The van der Waals surface area contributed by atoms with Gasteiger partial charge in [-0.05, 0) is 19.1 Å². The van der Waals surface area contributed by atoms with Crippen molar-refractivity contribution < 1.29 is 4.79 Å². The van der Waals surface area contributed by atoms with Gasteiger partial charge in [0.2, 0.25) is 5.91 Å². The number of carbonyl (C=O) groups excluding carboxylic acids is 1. The van der Waals surface area contributed by atoms with Crippen LogP contribution in [0.2, 0.25) is 0 Å². The van der Waals surface area contributed by atoms with Crippen LogP contribution in [0.3, 0.4) is 0 Å². The molecule has 98 valence electrons. The smallest absolute Gasteiger partial charge is 0.267 e. The highest BCUT2D eigenvalue weighted by Gasteiger charge is 2.31. The molecule has 2 rings (SSSR count). The number of nitrogens with zero attached hydrogens (tertiary/aromatic N) is 3. The van der Waals surface area contributed by atoms with E-state index < -0.39 is 0 Å². The van der Waals surface area contributed by atoms with E-state index in [-0.39, 0.29) is 17.5 Å². The Kier molecular flexibility index (Phi) is 4.83. The second-order valence-electron chi connectivity index (χ2n) is 3.86. The maximum absolute atomic E-state index is 11.5. The van der Waals surface area contributed by atoms with Crippen LogP contribution in [-0.4, -0.2) is 33.7 Å². The van der Waals surface area contributed by atoms with Crippen molar-refractivity contribution >= 4 is 5.91 Å². The fourth-order valence-electron chi connectivity index (χ4n) is 1.70. The van der Waals surface area contributed by atoms with E-state index in [1.165, 1.54) is 16.8 Å². The van der Waals surface area contributed by atoms with Crippen LogP contribution in [0, 0.1) is 6.92 Å². The summed E-state index contributed by atoms with van der Waals surface area (Å²) >= 11 is 0. The van der Waals surface area contributed by atoms with E-state index in [0.717, 1.165) is 5.69 Å². The molecule has 1 aliphatic rings. The third-order valence-electron chi connectivity index (χ3n) is 2.65. The van der Waals surface area contributed by atoms with E-state index in [1.807, 2.05) is 20.8 Å². The lowest BCUT2D eigenvalue weighted by Crippen LogP contribution is -2.52. The predicted octanol–water partition coefficient (Wildman–Crippen LogP) is 1.15. The highest BCUT2D eigenvalue weighted by molar-refractivity contribution is 5.87. The number of hydrogen-bond acceptors (Lipinski definition) is 3. The van der Waals surface area contributed by atoms with Gasteiger partial charge in [0, 0.05) is 19.2 Å². The van der Waals surface area contributed by atoms with Crippen molar-refractivity contribution in [2.75, 3.05) is 13.1 Å². The third-order valence-corrected chi connectivity index (χ3v) is 2.65. The first-order valence-electron chi connectivity index (χ1n) is 6.09. The summed E-state index contributed by atoms with van der Waals surface area (Å²) in [5.41, 5.74) is 0.675. The molecule has 0 atom stereocenters. The second kappa shape index (κ2) is 6.14. The van der Waals surface area contributed by atoms with Gasteiger partial charge in [-0.15, -0.1) is 0 Å². The monoisotopic (exact) mass is 249 g/mol. The van der Waals surface area contributed by atoms with Gasteiger partial charge in [0.25, 0.3) is 5.56 Å². The maximum atomic E-state index is 11.5. The SMILES string of the molecule is C=CC(=O)N1CC(n2nc(C)ccc2=O)C1.CC. The van der Waals surface area contributed by atoms with Gasteiger partial charge in [0.1, 0.15) is 0 Å². The highest BCUT2D eigenvalue weighted by atomic mass is 16.2. The van der Waals surface area contributed by atoms with Crippen molar-refractivity contribution in [2.45, 2.75) is 26.8 Å². The first-order valence-corrected chi connectivity index (χ1v) is 6.09. The van der Waals surface area contributed by atoms with E-state index in [2.05, 4.69) is 11.7 Å². The Morgan fingerprint density at radius 3 is 2.61 bits per heavy atom. The fourth-order valence-corrected chi connectivity index (χ4v) is 1.70. The first-order chi connectivity index (χ1) is 8.61. The summed E-state index contributed by atoms with van der Waals surface area (Å²) in [7, 11) is 0. The number of rotatable bonds is 2. The van der Waals surface area contributed by atoms with Gasteiger partial charge < -0.3 is 4.90 Å². The molecular formula is C13H19N3O2. The number of aromatic nitrogens is 2. The van der Waals surface area contributed by atoms with Gasteiger partial charge in [-0.2, -0.15) is 5.10 Å². The van der Waals surface area contributed by atoms with Gasteiger partial charge in [-0.1, -0.05) is 20.4 Å². The summed E-state index contributed by atoms with van der Waals surface area (Å²) < 4.78 is 1.45. The Balaban J connectivity index is 0.000000771. The largest absolute Gasteiger partial charge is 0.335 e. The lowest BCUT2D eigenvalue weighted by molar-refractivity contribution is -0.131. The topological polar surface area (TPSA) is 55.2 Å². The Hall–Kier alpha value is -1.91. The standard InChI is InChI=1S/C11H13N3O2.C2H6/c1-3-10(15)13-6-9(7-13)14-11(16)5-4-8(2)12-14;1-2/h3-5,9H,1,6-7H2,2H3;1-2H3. The molecule has 0 N–H and O–H groups in total. The van der Waals surface area contributed by atoms with Crippen LogP contribution in [0.5, 0.6) is 0 Å². The minimum Gasteiger partial charge on any atom is -0.335 e. The van der Waals surface area contributed by atoms with Gasteiger partial charge in [0.15, 0.2) is 0 Å². The molecular weight excluding hydrogens is 230 g/mol. The van der Waals surface area contributed by atoms with E-state index in [0.29, 0.717) is 13.1 Å². The molecule has 1 amide bonds. The normalized spacial score (nSPS) is 14.3. The van der Waals surface area contributed by atoms with Crippen molar-refractivity contribution in [1.29, 1.82) is 0 Å². The van der Waals surface area contributed by atoms with E-state index in [9.17, 15) is 9.59 Å². The minimum atomic E-state index is -0.124. The van der Waals surface area contributed by atoms with E-state index in [4.69, 9.17) is 0 Å². The van der Waals surface area contributed by atoms with E-state index >= 15 is 0 Å². The number of aryl methyl sites for hydroxylation is 1. The lowest BCUT2D eigenvalue weighted by atomic mass is 10.1. The molecule has 1 aromatic heterocycles. The van der Waals surface area contributed by atoms with Crippen LogP contribution >= 0.6 is 0 Å². The van der Waals surface area contributed by atoms with Crippen LogP contribution in [0.15, 0.2) is 29.6 Å². The number of likely N-dealkylation sites (tertiary alicyclic amines) is 1. The molecule has 0 saturated carbocycles. The quantitative estimate of drug-likeness (QED) is 0.739. The number of carbonyl (C=O) groups is 1. The third kappa shape index (κ3) is 2.85. The molecule has 0 aromatic carbocycles. The van der Waals surface area contributed by atoms with E-state index in [1.54, 1.807) is 11.0 Å². The second-order valence-corrected chi connectivity index (χ2v) is 3.86. The zero-order valence-electron chi connectivity index (χ0n) is 11.1. The van der Waals surface area contributed by atoms with Gasteiger partial charge in [-0.3, -0.25) is 9.59 Å². The van der Waals surface area contributed by atoms with Gasteiger partial charge >= 0.3 is 0 Å². The van der Waals surface area contributed by atoms with Crippen LogP contribution < -0.4 is 5.56 Å². The van der Waals surface area contributed by atoms with Crippen molar-refractivity contribution in [3.63, 3.8) is 0 Å². The molecule has 5 heteroatoms. The molecule has 1 aliphatic heterocycles. The molecule has 0 bridgehead atoms. The fraction of sp³-hybridized carbons (Fsp3) is 0.462. The van der Waals surface area contributed by atoms with Crippen molar-refractivity contribution in [2.24, 2.45) is 0 Å². The summed E-state index contributed by atoms with van der Waals surface area (Å²) in [6.45, 7) is 10.3. The molecule has 1 saturated heterocycles. The van der Waals surface area contributed by atoms with Crippen molar-refractivity contribution in [3.8, 4) is 0 Å². The van der Waals surface area contributed by atoms with Crippen LogP contribution in [0.25, 0.3) is 0 Å². The van der Waals surface area contributed by atoms with Crippen LogP contribution in [0.1, 0.15) is 25.6 Å². The zero-order valence-corrected chi connectivity index (χ0v) is 11.1. The minimum absolute atomic E-state index is 0.00343. The lowest BCUT2D eigenvalue weighted by Gasteiger charge is -2.38. The summed E-state index contributed by atoms with van der Waals surface area (Å²) in [6, 6.07) is 3.18. The molecule has 5 nitrogen and oxygen atoms in total. The molecule has 0 spiro atoms. The number of amides is 1. The van der Waals surface area contributed by atoms with Gasteiger partial charge in [0.05, 0.1) is 11.7 Å². The molecule has 0 unspecified atom stereocenters. The first kappa shape index (κ1) is 14.2. The average Bonchev–Trinajstić information content (AvgIpc) is 2.34. The molecule has 18 heavy (non-hydrogen) atoms. The average molecular weight is 249 g/mol. The summed E-state index contributed by atoms with van der Waals surface area (Å²) in [5.74, 6) is -0.100. The van der Waals surface area contributed by atoms with Crippen molar-refractivity contribution in [3.05, 3.63) is 40.8 Å². The van der Waals surface area contributed by atoms with Crippen LogP contribution in [0.4, 0.5) is 0 Å². The zero-order chi connectivity index (χ0) is 13.7. The van der Waals surface area contributed by atoms with Crippen molar-refractivity contribution in [1.82, 2.24) is 14.7 Å². The van der Waals surface area contributed by atoms with Crippen LogP contribution in [-0.2, 0) is 4.79 Å². The molecule has 0 radical (unpaired) electrons. The molecule has 1 aromatic rings. The Labute approximate surface area is 107 Å².